The molecule has 2 aromatic rings. The number of carbonyl (C=O) groups excluding carboxylic acids is 1. The minimum Gasteiger partial charge on any atom is -0.497 e. The van der Waals surface area contributed by atoms with Gasteiger partial charge in [0.1, 0.15) is 11.8 Å². The summed E-state index contributed by atoms with van der Waals surface area (Å²) in [6.07, 6.45) is 0. The van der Waals surface area contributed by atoms with Crippen LogP contribution in [0, 0.1) is 0 Å². The fraction of sp³-hybridized carbons (Fsp3) is 0.480. The molecule has 4 rings (SSSR count). The standard InChI is InChI=1S/C25H34N4O2/c1-21(22-6-4-3-5-7-22)27-16-18-29(19-17-27)25(30)20-26-12-14-28(15-13-26)23-8-10-24(31-2)11-9-23/h3-11,21H,12-20H2,1-2H3/p+2/t21-/m0/s1. The van der Waals surface area contributed by atoms with Crippen LogP contribution < -0.4 is 19.4 Å². The van der Waals surface area contributed by atoms with Gasteiger partial charge in [-0.1, -0.05) is 30.3 Å². The van der Waals surface area contributed by atoms with Crippen LogP contribution in [0.5, 0.6) is 5.75 Å². The Morgan fingerprint density at radius 2 is 1.58 bits per heavy atom. The van der Waals surface area contributed by atoms with Crippen molar-refractivity contribution in [2.75, 3.05) is 70.9 Å². The summed E-state index contributed by atoms with van der Waals surface area (Å²) in [5.41, 5.74) is 2.62. The van der Waals surface area contributed by atoms with E-state index in [2.05, 4.69) is 59.2 Å². The molecule has 2 heterocycles. The number of carbonyl (C=O) groups is 1. The third kappa shape index (κ3) is 5.38. The molecule has 0 saturated carbocycles. The van der Waals surface area contributed by atoms with Crippen LogP contribution in [0.15, 0.2) is 54.6 Å². The van der Waals surface area contributed by atoms with Crippen molar-refractivity contribution < 1.29 is 19.3 Å². The lowest BCUT2D eigenvalue weighted by molar-refractivity contribution is -0.933. The number of benzene rings is 2. The normalized spacial score (nSPS) is 19.3. The maximum Gasteiger partial charge on any atom is 0.278 e. The highest BCUT2D eigenvalue weighted by Crippen LogP contribution is 2.19. The first-order valence-electron chi connectivity index (χ1n) is 11.5. The minimum absolute atomic E-state index is 0.319. The predicted molar refractivity (Wildman–Crippen MR) is 123 cm³/mol. The van der Waals surface area contributed by atoms with E-state index in [1.165, 1.54) is 16.2 Å². The molecule has 1 amide bonds. The van der Waals surface area contributed by atoms with Crippen LogP contribution in [-0.2, 0) is 4.79 Å². The van der Waals surface area contributed by atoms with E-state index < -0.39 is 0 Å². The van der Waals surface area contributed by atoms with Gasteiger partial charge in [-0.3, -0.25) is 4.79 Å². The molecule has 0 spiro atoms. The van der Waals surface area contributed by atoms with Crippen LogP contribution in [0.2, 0.25) is 0 Å². The highest BCUT2D eigenvalue weighted by molar-refractivity contribution is 5.77. The Labute approximate surface area is 186 Å². The Kier molecular flexibility index (Phi) is 7.10. The quantitative estimate of drug-likeness (QED) is 0.680. The van der Waals surface area contributed by atoms with Gasteiger partial charge in [-0.25, -0.2) is 0 Å². The number of ether oxygens (including phenoxy) is 1. The van der Waals surface area contributed by atoms with Crippen LogP contribution in [0.3, 0.4) is 0 Å². The van der Waals surface area contributed by atoms with E-state index >= 15 is 0 Å². The lowest BCUT2D eigenvalue weighted by Gasteiger charge is -2.37. The monoisotopic (exact) mass is 424 g/mol. The Hall–Kier alpha value is -2.57. The van der Waals surface area contributed by atoms with Gasteiger partial charge in [0.2, 0.25) is 0 Å². The van der Waals surface area contributed by atoms with Crippen molar-refractivity contribution in [3.05, 3.63) is 60.2 Å². The Morgan fingerprint density at radius 1 is 0.935 bits per heavy atom. The fourth-order valence-corrected chi connectivity index (χ4v) is 4.83. The SMILES string of the molecule is COc1ccc(N2CC[NH+](CC(=O)N3CC[NH+]([C@@H](C)c4ccccc4)CC3)CC2)cc1. The van der Waals surface area contributed by atoms with Crippen molar-refractivity contribution in [1.82, 2.24) is 4.90 Å². The Bertz CT molecular complexity index is 826. The van der Waals surface area contributed by atoms with Crippen molar-refractivity contribution in [3.63, 3.8) is 0 Å². The van der Waals surface area contributed by atoms with Crippen LogP contribution in [0.4, 0.5) is 5.69 Å². The number of nitrogens with zero attached hydrogens (tertiary/aromatic N) is 2. The molecule has 2 aliphatic rings. The van der Waals surface area contributed by atoms with E-state index in [0.29, 0.717) is 18.5 Å². The van der Waals surface area contributed by atoms with Gasteiger partial charge in [0.15, 0.2) is 6.54 Å². The van der Waals surface area contributed by atoms with Crippen molar-refractivity contribution in [2.24, 2.45) is 0 Å². The molecule has 0 unspecified atom stereocenters. The first-order chi connectivity index (χ1) is 15.1. The van der Waals surface area contributed by atoms with E-state index in [-0.39, 0.29) is 0 Å². The fourth-order valence-electron chi connectivity index (χ4n) is 4.83. The highest BCUT2D eigenvalue weighted by Gasteiger charge is 2.30. The molecule has 2 aliphatic heterocycles. The number of rotatable bonds is 6. The molecule has 0 bridgehead atoms. The average Bonchev–Trinajstić information content (AvgIpc) is 2.85. The van der Waals surface area contributed by atoms with Crippen LogP contribution in [0.25, 0.3) is 0 Å². The first kappa shape index (κ1) is 21.7. The van der Waals surface area contributed by atoms with Gasteiger partial charge in [0, 0.05) is 11.3 Å². The summed E-state index contributed by atoms with van der Waals surface area (Å²) in [5.74, 6) is 1.21. The van der Waals surface area contributed by atoms with E-state index in [9.17, 15) is 4.79 Å². The molecule has 166 valence electrons. The van der Waals surface area contributed by atoms with Crippen molar-refractivity contribution in [2.45, 2.75) is 13.0 Å². The van der Waals surface area contributed by atoms with Gasteiger partial charge < -0.3 is 24.3 Å². The van der Waals surface area contributed by atoms with Crippen molar-refractivity contribution in [1.29, 1.82) is 0 Å². The topological polar surface area (TPSA) is 41.7 Å². The summed E-state index contributed by atoms with van der Waals surface area (Å²) in [7, 11) is 1.69. The van der Waals surface area contributed by atoms with Crippen LogP contribution >= 0.6 is 0 Å². The number of amides is 1. The molecule has 0 aromatic heterocycles. The highest BCUT2D eigenvalue weighted by atomic mass is 16.5. The zero-order valence-corrected chi connectivity index (χ0v) is 18.8. The molecule has 2 fully saturated rings. The third-order valence-corrected chi connectivity index (χ3v) is 6.98. The average molecular weight is 425 g/mol. The van der Waals surface area contributed by atoms with E-state index in [4.69, 9.17) is 4.74 Å². The van der Waals surface area contributed by atoms with E-state index in [1.54, 1.807) is 12.0 Å². The van der Waals surface area contributed by atoms with Crippen LogP contribution in [0.1, 0.15) is 18.5 Å². The predicted octanol–water partition coefficient (Wildman–Crippen LogP) is -0.112. The van der Waals surface area contributed by atoms with Gasteiger partial charge in [-0.2, -0.15) is 0 Å². The van der Waals surface area contributed by atoms with Crippen molar-refractivity contribution in [3.8, 4) is 5.75 Å². The molecule has 6 heteroatoms. The molecular weight excluding hydrogens is 388 g/mol. The first-order valence-corrected chi connectivity index (χ1v) is 11.5. The van der Waals surface area contributed by atoms with Crippen LogP contribution in [-0.4, -0.2) is 76.8 Å². The lowest BCUT2D eigenvalue weighted by Crippen LogP contribution is -3.16. The number of hydrogen-bond donors (Lipinski definition) is 2. The number of methoxy groups -OCH3 is 1. The summed E-state index contributed by atoms with van der Waals surface area (Å²) in [5, 5.41) is 0. The smallest absolute Gasteiger partial charge is 0.278 e. The largest absolute Gasteiger partial charge is 0.497 e. The molecular formula is C25H36N4O2+2. The van der Waals surface area contributed by atoms with E-state index in [0.717, 1.165) is 58.1 Å². The molecule has 2 saturated heterocycles. The third-order valence-electron chi connectivity index (χ3n) is 6.98. The second kappa shape index (κ2) is 10.2. The number of nitrogens with one attached hydrogen (secondary N) is 2. The van der Waals surface area contributed by atoms with Crippen molar-refractivity contribution >= 4 is 11.6 Å². The molecule has 1 atom stereocenters. The molecule has 2 N–H and O–H groups in total. The van der Waals surface area contributed by atoms with Gasteiger partial charge >= 0.3 is 0 Å². The summed E-state index contributed by atoms with van der Waals surface area (Å²) in [6.45, 7) is 10.7. The van der Waals surface area contributed by atoms with Gasteiger partial charge in [-0.15, -0.1) is 0 Å². The molecule has 31 heavy (non-hydrogen) atoms. The van der Waals surface area contributed by atoms with Gasteiger partial charge in [0.05, 0.1) is 59.5 Å². The van der Waals surface area contributed by atoms with Gasteiger partial charge in [0.25, 0.3) is 5.91 Å². The lowest BCUT2D eigenvalue weighted by atomic mass is 10.1. The Morgan fingerprint density at radius 3 is 2.19 bits per heavy atom. The zero-order valence-electron chi connectivity index (χ0n) is 18.8. The second-order valence-electron chi connectivity index (χ2n) is 8.78. The summed E-state index contributed by atoms with van der Waals surface area (Å²) >= 11 is 0. The molecule has 6 nitrogen and oxygen atoms in total. The van der Waals surface area contributed by atoms with Gasteiger partial charge in [-0.05, 0) is 31.2 Å². The Balaban J connectivity index is 1.21. The zero-order chi connectivity index (χ0) is 21.6. The summed E-state index contributed by atoms with van der Waals surface area (Å²) in [4.78, 5) is 20.4. The minimum atomic E-state index is 0.319. The summed E-state index contributed by atoms with van der Waals surface area (Å²) < 4.78 is 5.25. The maximum absolute atomic E-state index is 12.9. The molecule has 0 aliphatic carbocycles. The number of quaternary nitrogens is 2. The molecule has 0 radical (unpaired) electrons. The maximum atomic E-state index is 12.9. The summed E-state index contributed by atoms with van der Waals surface area (Å²) in [6, 6.07) is 19.5. The molecule has 2 aromatic carbocycles. The number of anilines is 1. The number of piperazine rings is 2. The second-order valence-corrected chi connectivity index (χ2v) is 8.78. The van der Waals surface area contributed by atoms with E-state index in [1.807, 2.05) is 12.1 Å². The number of hydrogen-bond acceptors (Lipinski definition) is 3.